The van der Waals surface area contributed by atoms with Gasteiger partial charge in [0.1, 0.15) is 0 Å². The molecule has 2 fully saturated rings. The lowest BCUT2D eigenvalue weighted by Gasteiger charge is -2.39. The van der Waals surface area contributed by atoms with Crippen LogP contribution in [0.2, 0.25) is 0 Å². The highest BCUT2D eigenvalue weighted by atomic mass is 16.3. The SMILES string of the molecule is CCCC1CCCN(CC(CO)(NC(C)C)C2CC2)CC1. The van der Waals surface area contributed by atoms with Crippen LogP contribution in [-0.2, 0) is 0 Å². The first kappa shape index (κ1) is 17.2. The van der Waals surface area contributed by atoms with Crippen molar-refractivity contribution in [2.75, 3.05) is 26.2 Å². The lowest BCUT2D eigenvalue weighted by atomic mass is 9.92. The molecule has 2 atom stereocenters. The fourth-order valence-corrected chi connectivity index (χ4v) is 4.21. The van der Waals surface area contributed by atoms with E-state index in [1.807, 2.05) is 0 Å². The van der Waals surface area contributed by atoms with Crippen LogP contribution in [0.4, 0.5) is 0 Å². The minimum absolute atomic E-state index is 0.0568. The molecule has 0 amide bonds. The molecular weight excluding hydrogens is 260 g/mol. The van der Waals surface area contributed by atoms with Crippen LogP contribution in [0, 0.1) is 11.8 Å². The summed E-state index contributed by atoms with van der Waals surface area (Å²) in [6, 6.07) is 0.442. The van der Waals surface area contributed by atoms with Crippen molar-refractivity contribution in [2.45, 2.75) is 77.3 Å². The van der Waals surface area contributed by atoms with E-state index in [4.69, 9.17) is 0 Å². The first-order chi connectivity index (χ1) is 10.1. The van der Waals surface area contributed by atoms with Crippen LogP contribution in [0.3, 0.4) is 0 Å². The molecule has 3 heteroatoms. The molecule has 2 N–H and O–H groups in total. The maximum absolute atomic E-state index is 10.1. The zero-order valence-electron chi connectivity index (χ0n) is 14.4. The summed E-state index contributed by atoms with van der Waals surface area (Å²) in [6.45, 7) is 10.5. The highest BCUT2D eigenvalue weighted by molar-refractivity contribution is 5.03. The van der Waals surface area contributed by atoms with Crippen LogP contribution in [-0.4, -0.2) is 47.8 Å². The van der Waals surface area contributed by atoms with Crippen molar-refractivity contribution in [1.29, 1.82) is 0 Å². The molecular formula is C18H36N2O. The van der Waals surface area contributed by atoms with Gasteiger partial charge in [-0.15, -0.1) is 0 Å². The molecule has 1 aliphatic heterocycles. The smallest absolute Gasteiger partial charge is 0.0628 e. The predicted molar refractivity (Wildman–Crippen MR) is 89.5 cm³/mol. The van der Waals surface area contributed by atoms with Crippen LogP contribution in [0.15, 0.2) is 0 Å². The first-order valence-electron chi connectivity index (χ1n) is 9.20. The van der Waals surface area contributed by atoms with Gasteiger partial charge in [0.2, 0.25) is 0 Å². The van der Waals surface area contributed by atoms with Gasteiger partial charge in [0.15, 0.2) is 0 Å². The monoisotopic (exact) mass is 296 g/mol. The molecule has 0 aromatic rings. The third kappa shape index (κ3) is 4.94. The molecule has 0 radical (unpaired) electrons. The molecule has 2 unspecified atom stereocenters. The molecule has 1 aliphatic carbocycles. The normalized spacial score (nSPS) is 27.6. The number of hydrogen-bond donors (Lipinski definition) is 2. The van der Waals surface area contributed by atoms with Crippen molar-refractivity contribution in [3.63, 3.8) is 0 Å². The fourth-order valence-electron chi connectivity index (χ4n) is 4.21. The van der Waals surface area contributed by atoms with E-state index in [-0.39, 0.29) is 12.1 Å². The second kappa shape index (κ2) is 7.94. The van der Waals surface area contributed by atoms with Crippen molar-refractivity contribution >= 4 is 0 Å². The van der Waals surface area contributed by atoms with Gasteiger partial charge in [-0.05, 0) is 57.0 Å². The van der Waals surface area contributed by atoms with Gasteiger partial charge in [0.25, 0.3) is 0 Å². The van der Waals surface area contributed by atoms with Crippen molar-refractivity contribution in [3.05, 3.63) is 0 Å². The quantitative estimate of drug-likeness (QED) is 0.723. The summed E-state index contributed by atoms with van der Waals surface area (Å²) < 4.78 is 0. The average molecular weight is 296 g/mol. The largest absolute Gasteiger partial charge is 0.394 e. The molecule has 0 aromatic heterocycles. The van der Waals surface area contributed by atoms with Crippen molar-refractivity contribution in [2.24, 2.45) is 11.8 Å². The van der Waals surface area contributed by atoms with Crippen LogP contribution in [0.1, 0.15) is 65.7 Å². The summed E-state index contributed by atoms with van der Waals surface area (Å²) in [5, 5.41) is 13.8. The van der Waals surface area contributed by atoms with Crippen molar-refractivity contribution in [1.82, 2.24) is 10.2 Å². The third-order valence-corrected chi connectivity index (χ3v) is 5.36. The Morgan fingerprint density at radius 2 is 1.95 bits per heavy atom. The molecule has 0 spiro atoms. The van der Waals surface area contributed by atoms with Crippen molar-refractivity contribution in [3.8, 4) is 0 Å². The van der Waals surface area contributed by atoms with Crippen LogP contribution < -0.4 is 5.32 Å². The third-order valence-electron chi connectivity index (χ3n) is 5.36. The van der Waals surface area contributed by atoms with Crippen LogP contribution in [0.5, 0.6) is 0 Å². The Kier molecular flexibility index (Phi) is 6.51. The zero-order valence-corrected chi connectivity index (χ0v) is 14.4. The van der Waals surface area contributed by atoms with Gasteiger partial charge in [-0.3, -0.25) is 0 Å². The summed E-state index contributed by atoms with van der Waals surface area (Å²) >= 11 is 0. The molecule has 1 saturated carbocycles. The summed E-state index contributed by atoms with van der Waals surface area (Å²) in [7, 11) is 0. The molecule has 1 heterocycles. The lowest BCUT2D eigenvalue weighted by Crippen LogP contribution is -2.60. The molecule has 3 nitrogen and oxygen atoms in total. The molecule has 2 rings (SSSR count). The second-order valence-corrected chi connectivity index (χ2v) is 7.75. The van der Waals surface area contributed by atoms with E-state index in [1.54, 1.807) is 0 Å². The summed E-state index contributed by atoms with van der Waals surface area (Å²) in [5.74, 6) is 1.61. The van der Waals surface area contributed by atoms with Crippen LogP contribution >= 0.6 is 0 Å². The summed E-state index contributed by atoms with van der Waals surface area (Å²) in [4.78, 5) is 2.62. The Bertz CT molecular complexity index is 304. The van der Waals surface area contributed by atoms with Gasteiger partial charge in [0, 0.05) is 12.6 Å². The van der Waals surface area contributed by atoms with Gasteiger partial charge in [0.05, 0.1) is 12.1 Å². The van der Waals surface area contributed by atoms with E-state index in [1.165, 1.54) is 58.0 Å². The average Bonchev–Trinajstić information content (AvgIpc) is 3.26. The van der Waals surface area contributed by atoms with E-state index >= 15 is 0 Å². The number of nitrogens with one attached hydrogen (secondary N) is 1. The summed E-state index contributed by atoms with van der Waals surface area (Å²) in [6.07, 6.45) is 9.37. The number of aliphatic hydroxyl groups is 1. The maximum atomic E-state index is 10.1. The van der Waals surface area contributed by atoms with E-state index in [2.05, 4.69) is 31.0 Å². The minimum atomic E-state index is -0.0568. The molecule has 0 aromatic carbocycles. The maximum Gasteiger partial charge on any atom is 0.0628 e. The van der Waals surface area contributed by atoms with E-state index in [0.29, 0.717) is 12.0 Å². The molecule has 0 bridgehead atoms. The van der Waals surface area contributed by atoms with E-state index in [0.717, 1.165) is 12.5 Å². The summed E-state index contributed by atoms with van der Waals surface area (Å²) in [5.41, 5.74) is -0.0568. The number of hydrogen-bond acceptors (Lipinski definition) is 3. The second-order valence-electron chi connectivity index (χ2n) is 7.75. The predicted octanol–water partition coefficient (Wildman–Crippen LogP) is 3.03. The molecule has 124 valence electrons. The van der Waals surface area contributed by atoms with Crippen molar-refractivity contribution < 1.29 is 5.11 Å². The zero-order chi connectivity index (χ0) is 15.3. The van der Waals surface area contributed by atoms with Gasteiger partial charge >= 0.3 is 0 Å². The first-order valence-corrected chi connectivity index (χ1v) is 9.20. The van der Waals surface area contributed by atoms with Gasteiger partial charge in [-0.25, -0.2) is 0 Å². The highest BCUT2D eigenvalue weighted by Crippen LogP contribution is 2.40. The minimum Gasteiger partial charge on any atom is -0.394 e. The topological polar surface area (TPSA) is 35.5 Å². The van der Waals surface area contributed by atoms with Gasteiger partial charge < -0.3 is 15.3 Å². The standard InChI is InChI=1S/C18H36N2O/c1-4-6-16-7-5-11-20(12-10-16)13-18(14-21,17-8-9-17)19-15(2)3/h15-17,19,21H,4-14H2,1-3H3. The molecule has 2 aliphatic rings. The van der Waals surface area contributed by atoms with Crippen LogP contribution in [0.25, 0.3) is 0 Å². The molecule has 21 heavy (non-hydrogen) atoms. The number of aliphatic hydroxyl groups excluding tert-OH is 1. The van der Waals surface area contributed by atoms with E-state index in [9.17, 15) is 5.11 Å². The highest BCUT2D eigenvalue weighted by Gasteiger charge is 2.46. The Morgan fingerprint density at radius 3 is 2.52 bits per heavy atom. The Balaban J connectivity index is 1.93. The fraction of sp³-hybridized carbons (Fsp3) is 1.00. The Morgan fingerprint density at radius 1 is 1.19 bits per heavy atom. The van der Waals surface area contributed by atoms with E-state index < -0.39 is 0 Å². The van der Waals surface area contributed by atoms with Gasteiger partial charge in [-0.2, -0.15) is 0 Å². The molecule has 1 saturated heterocycles. The Labute approximate surface area is 131 Å². The number of nitrogens with zero attached hydrogens (tertiary/aromatic N) is 1. The lowest BCUT2D eigenvalue weighted by molar-refractivity contribution is 0.0843. The number of rotatable bonds is 8. The number of likely N-dealkylation sites (tertiary alicyclic amines) is 1. The van der Waals surface area contributed by atoms with Gasteiger partial charge in [-0.1, -0.05) is 33.6 Å². The Hall–Kier alpha value is -0.120.